The molecule has 0 aliphatic rings. The number of rotatable bonds is 6. The average Bonchev–Trinajstić information content (AvgIpc) is 2.97. The van der Waals surface area contributed by atoms with Crippen LogP contribution in [0.4, 0.5) is 0 Å². The van der Waals surface area contributed by atoms with E-state index >= 15 is 0 Å². The van der Waals surface area contributed by atoms with Crippen molar-refractivity contribution in [3.05, 3.63) is 81.6 Å². The fourth-order valence-electron chi connectivity index (χ4n) is 2.81. The number of carbonyl (C=O) groups excluding carboxylic acids is 1. The number of nitrogens with one attached hydrogen (secondary N) is 1. The maximum Gasteiger partial charge on any atom is 0.250 e. The van der Waals surface area contributed by atoms with Gasteiger partial charge >= 0.3 is 0 Å². The van der Waals surface area contributed by atoms with Crippen LogP contribution < -0.4 is 5.43 Å². The SMILES string of the molecule is Cc1cc(/C=N/NC(=O)CSc2ccccc2)c(C)n1-c1ccc(Cl)c(Cl)c1. The molecule has 28 heavy (non-hydrogen) atoms. The number of aromatic nitrogens is 1. The number of hydrogen-bond acceptors (Lipinski definition) is 3. The number of hydrazone groups is 1. The van der Waals surface area contributed by atoms with E-state index in [4.69, 9.17) is 23.2 Å². The molecule has 0 saturated carbocycles. The first-order valence-electron chi connectivity index (χ1n) is 8.60. The second-order valence-corrected chi connectivity index (χ2v) is 8.02. The highest BCUT2D eigenvalue weighted by Gasteiger charge is 2.11. The lowest BCUT2D eigenvalue weighted by Gasteiger charge is -2.10. The summed E-state index contributed by atoms with van der Waals surface area (Å²) in [5.41, 5.74) is 6.44. The molecule has 4 nitrogen and oxygen atoms in total. The number of benzene rings is 2. The quantitative estimate of drug-likeness (QED) is 0.311. The van der Waals surface area contributed by atoms with Gasteiger partial charge in [-0.25, -0.2) is 5.43 Å². The van der Waals surface area contributed by atoms with Crippen LogP contribution in [0, 0.1) is 13.8 Å². The van der Waals surface area contributed by atoms with Crippen molar-refractivity contribution in [1.29, 1.82) is 0 Å². The predicted octanol–water partition coefficient (Wildman–Crippen LogP) is 5.64. The zero-order valence-electron chi connectivity index (χ0n) is 15.4. The van der Waals surface area contributed by atoms with Crippen LogP contribution in [0.1, 0.15) is 17.0 Å². The van der Waals surface area contributed by atoms with Crippen molar-refractivity contribution in [2.24, 2.45) is 5.10 Å². The van der Waals surface area contributed by atoms with Gasteiger partial charge in [0.05, 0.1) is 22.0 Å². The molecule has 0 aliphatic carbocycles. The molecule has 1 heterocycles. The van der Waals surface area contributed by atoms with Crippen LogP contribution in [0.5, 0.6) is 0 Å². The smallest absolute Gasteiger partial charge is 0.250 e. The lowest BCUT2D eigenvalue weighted by atomic mass is 10.2. The summed E-state index contributed by atoms with van der Waals surface area (Å²) in [6.45, 7) is 3.99. The molecule has 1 N–H and O–H groups in total. The minimum atomic E-state index is -0.150. The predicted molar refractivity (Wildman–Crippen MR) is 118 cm³/mol. The Kier molecular flexibility index (Phi) is 6.83. The second-order valence-electron chi connectivity index (χ2n) is 6.16. The summed E-state index contributed by atoms with van der Waals surface area (Å²) in [6, 6.07) is 17.3. The van der Waals surface area contributed by atoms with E-state index in [2.05, 4.69) is 15.1 Å². The van der Waals surface area contributed by atoms with E-state index in [9.17, 15) is 4.79 Å². The van der Waals surface area contributed by atoms with Crippen molar-refractivity contribution in [1.82, 2.24) is 9.99 Å². The second kappa shape index (κ2) is 9.32. The van der Waals surface area contributed by atoms with E-state index in [-0.39, 0.29) is 5.91 Å². The number of thioether (sulfide) groups is 1. The van der Waals surface area contributed by atoms with Crippen LogP contribution in [0.2, 0.25) is 10.0 Å². The summed E-state index contributed by atoms with van der Waals surface area (Å²) in [5.74, 6) is 0.160. The van der Waals surface area contributed by atoms with Crippen LogP contribution in [0.25, 0.3) is 5.69 Å². The highest BCUT2D eigenvalue weighted by molar-refractivity contribution is 8.00. The largest absolute Gasteiger partial charge is 0.318 e. The van der Waals surface area contributed by atoms with E-state index in [1.807, 2.05) is 62.4 Å². The van der Waals surface area contributed by atoms with E-state index in [0.29, 0.717) is 15.8 Å². The minimum Gasteiger partial charge on any atom is -0.318 e. The monoisotopic (exact) mass is 431 g/mol. The van der Waals surface area contributed by atoms with Crippen molar-refractivity contribution in [2.45, 2.75) is 18.7 Å². The molecular formula is C21H19Cl2N3OS. The van der Waals surface area contributed by atoms with Gasteiger partial charge in [-0.3, -0.25) is 4.79 Å². The first kappa shape index (κ1) is 20.5. The first-order valence-corrected chi connectivity index (χ1v) is 10.3. The molecule has 0 spiro atoms. The van der Waals surface area contributed by atoms with Crippen molar-refractivity contribution >= 4 is 47.1 Å². The summed E-state index contributed by atoms with van der Waals surface area (Å²) in [5, 5.41) is 5.12. The summed E-state index contributed by atoms with van der Waals surface area (Å²) in [6.07, 6.45) is 1.65. The average molecular weight is 432 g/mol. The molecule has 2 aromatic carbocycles. The minimum absolute atomic E-state index is 0.150. The van der Waals surface area contributed by atoms with Gasteiger partial charge in [-0.15, -0.1) is 11.8 Å². The van der Waals surface area contributed by atoms with Gasteiger partial charge in [0.1, 0.15) is 0 Å². The summed E-state index contributed by atoms with van der Waals surface area (Å²) < 4.78 is 2.07. The molecule has 1 aromatic heterocycles. The molecule has 3 rings (SSSR count). The lowest BCUT2D eigenvalue weighted by Crippen LogP contribution is -2.19. The molecule has 0 unspecified atom stereocenters. The van der Waals surface area contributed by atoms with E-state index in [0.717, 1.165) is 27.5 Å². The summed E-state index contributed by atoms with van der Waals surface area (Å²) in [7, 11) is 0. The molecule has 0 bridgehead atoms. The van der Waals surface area contributed by atoms with Gasteiger partial charge < -0.3 is 4.57 Å². The number of nitrogens with zero attached hydrogens (tertiary/aromatic N) is 2. The van der Waals surface area contributed by atoms with Crippen molar-refractivity contribution in [3.63, 3.8) is 0 Å². The van der Waals surface area contributed by atoms with Crippen molar-refractivity contribution in [2.75, 3.05) is 5.75 Å². The number of hydrogen-bond donors (Lipinski definition) is 1. The zero-order valence-corrected chi connectivity index (χ0v) is 17.8. The third-order valence-corrected chi connectivity index (χ3v) is 5.89. The summed E-state index contributed by atoms with van der Waals surface area (Å²) in [4.78, 5) is 13.0. The Labute approximate surface area is 178 Å². The zero-order chi connectivity index (χ0) is 20.1. The molecule has 0 radical (unpaired) electrons. The molecule has 0 atom stereocenters. The Morgan fingerprint density at radius 2 is 1.86 bits per heavy atom. The molecule has 0 fully saturated rings. The Morgan fingerprint density at radius 1 is 1.11 bits per heavy atom. The first-order chi connectivity index (χ1) is 13.5. The van der Waals surface area contributed by atoms with Crippen molar-refractivity contribution in [3.8, 4) is 5.69 Å². The summed E-state index contributed by atoms with van der Waals surface area (Å²) >= 11 is 13.6. The fourth-order valence-corrected chi connectivity index (χ4v) is 3.82. The molecule has 7 heteroatoms. The number of carbonyl (C=O) groups is 1. The van der Waals surface area contributed by atoms with E-state index in [1.165, 1.54) is 11.8 Å². The fraction of sp³-hybridized carbons (Fsp3) is 0.143. The Morgan fingerprint density at radius 3 is 2.57 bits per heavy atom. The molecule has 144 valence electrons. The van der Waals surface area contributed by atoms with Gasteiger partial charge in [-0.1, -0.05) is 41.4 Å². The van der Waals surface area contributed by atoms with Crippen LogP contribution in [-0.4, -0.2) is 22.4 Å². The Hall–Kier alpha value is -2.21. The number of aryl methyl sites for hydroxylation is 1. The standard InChI is InChI=1S/C21H19Cl2N3OS/c1-14-10-16(15(2)26(14)17-8-9-19(22)20(23)11-17)12-24-25-21(27)13-28-18-6-4-3-5-7-18/h3-12H,13H2,1-2H3,(H,25,27)/b24-12+. The lowest BCUT2D eigenvalue weighted by molar-refractivity contribution is -0.118. The highest BCUT2D eigenvalue weighted by atomic mass is 35.5. The molecule has 3 aromatic rings. The Bertz CT molecular complexity index is 1020. The maximum absolute atomic E-state index is 12.0. The van der Waals surface area contributed by atoms with Gasteiger partial charge in [0.2, 0.25) is 5.91 Å². The van der Waals surface area contributed by atoms with Crippen LogP contribution in [0.15, 0.2) is 64.6 Å². The van der Waals surface area contributed by atoms with Gasteiger partial charge in [0, 0.05) is 27.5 Å². The van der Waals surface area contributed by atoms with Gasteiger partial charge in [0.15, 0.2) is 0 Å². The van der Waals surface area contributed by atoms with Gasteiger partial charge in [-0.2, -0.15) is 5.10 Å². The van der Waals surface area contributed by atoms with Crippen LogP contribution in [-0.2, 0) is 4.79 Å². The third-order valence-electron chi connectivity index (χ3n) is 4.14. The highest BCUT2D eigenvalue weighted by Crippen LogP contribution is 2.27. The van der Waals surface area contributed by atoms with Gasteiger partial charge in [0.25, 0.3) is 0 Å². The van der Waals surface area contributed by atoms with Crippen molar-refractivity contribution < 1.29 is 4.79 Å². The Balaban J connectivity index is 1.66. The number of amides is 1. The number of halogens is 2. The molecule has 1 amide bonds. The van der Waals surface area contributed by atoms with Crippen LogP contribution in [0.3, 0.4) is 0 Å². The molecular weight excluding hydrogens is 413 g/mol. The van der Waals surface area contributed by atoms with E-state index < -0.39 is 0 Å². The van der Waals surface area contributed by atoms with Gasteiger partial charge in [-0.05, 0) is 50.2 Å². The normalized spacial score (nSPS) is 11.1. The topological polar surface area (TPSA) is 46.4 Å². The molecule has 0 aliphatic heterocycles. The maximum atomic E-state index is 12.0. The molecule has 0 saturated heterocycles. The van der Waals surface area contributed by atoms with Crippen LogP contribution >= 0.6 is 35.0 Å². The van der Waals surface area contributed by atoms with E-state index in [1.54, 1.807) is 12.3 Å². The third kappa shape index (κ3) is 4.98.